The van der Waals surface area contributed by atoms with E-state index in [9.17, 15) is 10.1 Å². The SMILES string of the molecule is CCCCOc1nc(NCCN2CCOCC2)c2ncn(Cc3cccc([N+](=O)[O-])c3C)c2n1. The molecule has 0 saturated carbocycles. The van der Waals surface area contributed by atoms with Crippen molar-refractivity contribution in [1.29, 1.82) is 0 Å². The van der Waals surface area contributed by atoms with Gasteiger partial charge in [-0.2, -0.15) is 9.97 Å². The Hall–Kier alpha value is -3.31. The molecule has 4 rings (SSSR count). The van der Waals surface area contributed by atoms with E-state index in [1.165, 1.54) is 6.07 Å². The summed E-state index contributed by atoms with van der Waals surface area (Å²) >= 11 is 0. The van der Waals surface area contributed by atoms with Gasteiger partial charge in [-0.05, 0) is 18.9 Å². The molecule has 0 radical (unpaired) electrons. The summed E-state index contributed by atoms with van der Waals surface area (Å²) in [5, 5.41) is 14.7. The van der Waals surface area contributed by atoms with Gasteiger partial charge < -0.3 is 19.4 Å². The number of nitrogens with zero attached hydrogens (tertiary/aromatic N) is 6. The van der Waals surface area contributed by atoms with E-state index in [4.69, 9.17) is 9.47 Å². The molecule has 0 aliphatic carbocycles. The van der Waals surface area contributed by atoms with Crippen LogP contribution in [0.25, 0.3) is 11.2 Å². The molecule has 2 aromatic heterocycles. The van der Waals surface area contributed by atoms with Crippen molar-refractivity contribution >= 4 is 22.7 Å². The molecule has 1 aromatic carbocycles. The molecule has 11 nitrogen and oxygen atoms in total. The normalized spacial score (nSPS) is 14.4. The second-order valence-corrected chi connectivity index (χ2v) is 8.30. The van der Waals surface area contributed by atoms with Gasteiger partial charge in [-0.15, -0.1) is 0 Å². The van der Waals surface area contributed by atoms with Gasteiger partial charge >= 0.3 is 6.01 Å². The first-order chi connectivity index (χ1) is 16.6. The number of benzene rings is 1. The third kappa shape index (κ3) is 5.60. The fraction of sp³-hybridized carbons (Fsp3) is 0.522. The Balaban J connectivity index is 1.59. The lowest BCUT2D eigenvalue weighted by molar-refractivity contribution is -0.385. The monoisotopic (exact) mass is 469 g/mol. The van der Waals surface area contributed by atoms with Gasteiger partial charge in [0.05, 0.1) is 37.6 Å². The molecule has 1 saturated heterocycles. The molecule has 0 spiro atoms. The number of nitro benzene ring substituents is 1. The number of unbranched alkanes of at least 4 members (excludes halogenated alkanes) is 1. The van der Waals surface area contributed by atoms with Gasteiger partial charge in [-0.1, -0.05) is 25.5 Å². The predicted molar refractivity (Wildman–Crippen MR) is 128 cm³/mol. The van der Waals surface area contributed by atoms with E-state index in [0.29, 0.717) is 48.3 Å². The number of rotatable bonds is 11. The second kappa shape index (κ2) is 11.2. The number of anilines is 1. The second-order valence-electron chi connectivity index (χ2n) is 8.30. The maximum absolute atomic E-state index is 11.3. The molecule has 0 atom stereocenters. The summed E-state index contributed by atoms with van der Waals surface area (Å²) in [6.45, 7) is 9.74. The lowest BCUT2D eigenvalue weighted by atomic mass is 10.1. The average Bonchev–Trinajstić information content (AvgIpc) is 3.24. The average molecular weight is 470 g/mol. The number of aromatic nitrogens is 4. The first kappa shape index (κ1) is 23.8. The molecular formula is C23H31N7O4. The van der Waals surface area contributed by atoms with E-state index in [1.54, 1.807) is 19.3 Å². The van der Waals surface area contributed by atoms with Crippen LogP contribution in [0.4, 0.5) is 11.5 Å². The fourth-order valence-corrected chi connectivity index (χ4v) is 3.92. The molecule has 1 aliphatic heterocycles. The van der Waals surface area contributed by atoms with E-state index in [-0.39, 0.29) is 10.6 Å². The highest BCUT2D eigenvalue weighted by molar-refractivity contribution is 5.83. The van der Waals surface area contributed by atoms with Crippen molar-refractivity contribution in [2.75, 3.05) is 51.3 Å². The summed E-state index contributed by atoms with van der Waals surface area (Å²) < 4.78 is 13.1. The number of nitrogens with one attached hydrogen (secondary N) is 1. The molecule has 1 aliphatic rings. The van der Waals surface area contributed by atoms with Crippen molar-refractivity contribution in [3.63, 3.8) is 0 Å². The fourth-order valence-electron chi connectivity index (χ4n) is 3.92. The van der Waals surface area contributed by atoms with Crippen molar-refractivity contribution in [2.24, 2.45) is 0 Å². The van der Waals surface area contributed by atoms with Crippen LogP contribution in [-0.4, -0.2) is 75.3 Å². The molecule has 182 valence electrons. The standard InChI is InChI=1S/C23H31N7O4/c1-3-4-12-34-23-26-21(24-8-9-28-10-13-33-14-11-28)20-22(27-23)29(16-25-20)15-18-6-5-7-19(17(18)2)30(31)32/h5-7,16H,3-4,8-15H2,1-2H3,(H,24,26,27). The van der Waals surface area contributed by atoms with Crippen molar-refractivity contribution < 1.29 is 14.4 Å². The topological polar surface area (TPSA) is 120 Å². The Labute approximate surface area is 198 Å². The molecule has 11 heteroatoms. The lowest BCUT2D eigenvalue weighted by Gasteiger charge is -2.26. The summed E-state index contributed by atoms with van der Waals surface area (Å²) in [5.74, 6) is 0.624. The van der Waals surface area contributed by atoms with Crippen LogP contribution < -0.4 is 10.1 Å². The molecule has 0 unspecified atom stereocenters. The molecule has 0 amide bonds. The minimum absolute atomic E-state index is 0.102. The highest BCUT2D eigenvalue weighted by atomic mass is 16.6. The van der Waals surface area contributed by atoms with E-state index >= 15 is 0 Å². The number of hydrogen-bond donors (Lipinski definition) is 1. The molecule has 1 fully saturated rings. The zero-order valence-corrected chi connectivity index (χ0v) is 19.7. The van der Waals surface area contributed by atoms with Crippen LogP contribution in [0.15, 0.2) is 24.5 Å². The van der Waals surface area contributed by atoms with Gasteiger partial charge in [0.25, 0.3) is 5.69 Å². The number of nitro groups is 1. The van der Waals surface area contributed by atoms with E-state index < -0.39 is 0 Å². The minimum atomic E-state index is -0.358. The van der Waals surface area contributed by atoms with Gasteiger partial charge in [0, 0.05) is 37.8 Å². The summed E-state index contributed by atoms with van der Waals surface area (Å²) in [6.07, 6.45) is 3.62. The minimum Gasteiger partial charge on any atom is -0.463 e. The van der Waals surface area contributed by atoms with Gasteiger partial charge in [0.1, 0.15) is 0 Å². The number of fused-ring (bicyclic) bond motifs is 1. The lowest BCUT2D eigenvalue weighted by Crippen LogP contribution is -2.39. The quantitative estimate of drug-likeness (QED) is 0.257. The summed E-state index contributed by atoms with van der Waals surface area (Å²) in [7, 11) is 0. The van der Waals surface area contributed by atoms with Crippen molar-refractivity contribution in [1.82, 2.24) is 24.4 Å². The van der Waals surface area contributed by atoms with E-state index in [0.717, 1.165) is 51.3 Å². The van der Waals surface area contributed by atoms with Crippen LogP contribution in [0.1, 0.15) is 30.9 Å². The highest BCUT2D eigenvalue weighted by Gasteiger charge is 2.18. The van der Waals surface area contributed by atoms with Gasteiger partial charge in [0.2, 0.25) is 0 Å². The number of hydrogen-bond acceptors (Lipinski definition) is 9. The smallest absolute Gasteiger partial charge is 0.320 e. The zero-order valence-electron chi connectivity index (χ0n) is 19.7. The zero-order chi connectivity index (χ0) is 23.9. The molecule has 0 bridgehead atoms. The van der Waals surface area contributed by atoms with Gasteiger partial charge in [-0.25, -0.2) is 4.98 Å². The molecular weight excluding hydrogens is 438 g/mol. The first-order valence-electron chi connectivity index (χ1n) is 11.7. The Morgan fingerprint density at radius 3 is 2.85 bits per heavy atom. The van der Waals surface area contributed by atoms with Crippen LogP contribution in [0.2, 0.25) is 0 Å². The third-order valence-electron chi connectivity index (χ3n) is 5.95. The van der Waals surface area contributed by atoms with Crippen molar-refractivity contribution in [3.8, 4) is 6.01 Å². The van der Waals surface area contributed by atoms with E-state index in [1.807, 2.05) is 10.6 Å². The Bertz CT molecular complexity index is 1130. The highest BCUT2D eigenvalue weighted by Crippen LogP contribution is 2.25. The van der Waals surface area contributed by atoms with Gasteiger partial charge in [0.15, 0.2) is 17.0 Å². The molecule has 1 N–H and O–H groups in total. The Morgan fingerprint density at radius 2 is 2.09 bits per heavy atom. The summed E-state index contributed by atoms with van der Waals surface area (Å²) in [4.78, 5) is 27.1. The Morgan fingerprint density at radius 1 is 1.26 bits per heavy atom. The van der Waals surface area contributed by atoms with E-state index in [2.05, 4.69) is 32.1 Å². The summed E-state index contributed by atoms with van der Waals surface area (Å²) in [6, 6.07) is 5.40. The first-order valence-corrected chi connectivity index (χ1v) is 11.7. The van der Waals surface area contributed by atoms with Gasteiger partial charge in [-0.3, -0.25) is 15.0 Å². The third-order valence-corrected chi connectivity index (χ3v) is 5.95. The molecule has 34 heavy (non-hydrogen) atoms. The molecule has 3 heterocycles. The van der Waals surface area contributed by atoms with Crippen LogP contribution in [0.3, 0.4) is 0 Å². The Kier molecular flexibility index (Phi) is 7.86. The molecule has 3 aromatic rings. The van der Waals surface area contributed by atoms with Crippen LogP contribution >= 0.6 is 0 Å². The largest absolute Gasteiger partial charge is 0.463 e. The predicted octanol–water partition coefficient (Wildman–Crippen LogP) is 3.01. The maximum atomic E-state index is 11.3. The number of morpholine rings is 1. The van der Waals surface area contributed by atoms with Crippen molar-refractivity contribution in [2.45, 2.75) is 33.2 Å². The van der Waals surface area contributed by atoms with Crippen molar-refractivity contribution in [3.05, 3.63) is 45.8 Å². The van der Waals surface area contributed by atoms with Crippen LogP contribution in [-0.2, 0) is 11.3 Å². The summed E-state index contributed by atoms with van der Waals surface area (Å²) in [5.41, 5.74) is 2.84. The number of ether oxygens (including phenoxy) is 2. The maximum Gasteiger partial charge on any atom is 0.320 e. The van der Waals surface area contributed by atoms with Crippen LogP contribution in [0, 0.1) is 17.0 Å². The number of imidazole rings is 1. The van der Waals surface area contributed by atoms with Crippen LogP contribution in [0.5, 0.6) is 6.01 Å².